The van der Waals surface area contributed by atoms with Crippen LogP contribution in [0.1, 0.15) is 43.7 Å². The molecule has 0 fully saturated rings. The lowest BCUT2D eigenvalue weighted by Gasteiger charge is -2.43. The van der Waals surface area contributed by atoms with Gasteiger partial charge in [-0.3, -0.25) is 4.79 Å². The number of nitrogens with two attached hydrogens (primary N) is 1. The average Bonchev–Trinajstić information content (AvgIpc) is 2.86. The van der Waals surface area contributed by atoms with Gasteiger partial charge < -0.3 is 24.8 Å². The molecule has 0 bridgehead atoms. The van der Waals surface area contributed by atoms with Crippen LogP contribution >= 0.6 is 15.9 Å². The van der Waals surface area contributed by atoms with E-state index < -0.39 is 5.92 Å². The average molecular weight is 566 g/mol. The van der Waals surface area contributed by atoms with Crippen LogP contribution in [0, 0.1) is 16.7 Å². The number of hydrogen-bond donors (Lipinski definition) is 1. The number of carbonyl (C=O) groups is 1. The summed E-state index contributed by atoms with van der Waals surface area (Å²) < 4.78 is 17.8. The van der Waals surface area contributed by atoms with E-state index in [4.69, 9.17) is 19.9 Å². The molecule has 8 heteroatoms. The van der Waals surface area contributed by atoms with E-state index in [1.54, 1.807) is 14.2 Å². The molecule has 2 aliphatic rings. The number of carbonyl (C=O) groups excluding carboxylic acids is 1. The monoisotopic (exact) mass is 565 g/mol. The molecule has 0 unspecified atom stereocenters. The lowest BCUT2D eigenvalue weighted by Crippen LogP contribution is -2.43. The van der Waals surface area contributed by atoms with Crippen LogP contribution in [0.25, 0.3) is 0 Å². The van der Waals surface area contributed by atoms with E-state index in [0.717, 1.165) is 16.8 Å². The Morgan fingerprint density at radius 2 is 1.92 bits per heavy atom. The minimum atomic E-state index is -0.601. The summed E-state index contributed by atoms with van der Waals surface area (Å²) in [5, 5.41) is 10.2. The molecule has 7 nitrogen and oxygen atoms in total. The minimum Gasteiger partial charge on any atom is -0.493 e. The minimum absolute atomic E-state index is 0.0263. The predicted molar refractivity (Wildman–Crippen MR) is 145 cm³/mol. The maximum Gasteiger partial charge on any atom is 0.175 e. The predicted octanol–water partition coefficient (Wildman–Crippen LogP) is 5.42. The fraction of sp³-hybridized carbons (Fsp3) is 0.379. The molecule has 1 heterocycles. The van der Waals surface area contributed by atoms with Gasteiger partial charge in [0.15, 0.2) is 17.3 Å². The van der Waals surface area contributed by atoms with Crippen LogP contribution < -0.4 is 15.2 Å². The molecule has 0 saturated heterocycles. The van der Waals surface area contributed by atoms with Crippen molar-refractivity contribution in [1.29, 1.82) is 5.26 Å². The largest absolute Gasteiger partial charge is 0.493 e. The van der Waals surface area contributed by atoms with Gasteiger partial charge in [-0.25, -0.2) is 0 Å². The van der Waals surface area contributed by atoms with E-state index in [1.807, 2.05) is 47.4 Å². The molecular weight excluding hydrogens is 534 g/mol. The Balaban J connectivity index is 1.81. The van der Waals surface area contributed by atoms with Crippen molar-refractivity contribution < 1.29 is 19.0 Å². The Kier molecular flexibility index (Phi) is 7.96. The van der Waals surface area contributed by atoms with Crippen molar-refractivity contribution in [1.82, 2.24) is 4.90 Å². The third kappa shape index (κ3) is 5.39. The SMILES string of the molecule is COCCN1C(N)=C(C#N)[C@H](c2cc(Br)c(OCc3ccccc3)c(OC)c2)C2=C1CC(C)(C)CC2=O. The molecule has 0 aromatic heterocycles. The van der Waals surface area contributed by atoms with Crippen LogP contribution in [0.3, 0.4) is 0 Å². The molecule has 0 amide bonds. The zero-order valence-electron chi connectivity index (χ0n) is 21.6. The smallest absolute Gasteiger partial charge is 0.175 e. The van der Waals surface area contributed by atoms with E-state index >= 15 is 0 Å². The molecular formula is C29H32BrN3O4. The van der Waals surface area contributed by atoms with Gasteiger partial charge in [0.2, 0.25) is 0 Å². The summed E-state index contributed by atoms with van der Waals surface area (Å²) in [6, 6.07) is 15.9. The van der Waals surface area contributed by atoms with Crippen molar-refractivity contribution in [2.45, 2.75) is 39.2 Å². The molecule has 2 aromatic rings. The molecule has 1 aliphatic carbocycles. The zero-order valence-corrected chi connectivity index (χ0v) is 23.2. The second kappa shape index (κ2) is 11.0. The second-order valence-electron chi connectivity index (χ2n) is 10.1. The molecule has 2 aromatic carbocycles. The number of benzene rings is 2. The van der Waals surface area contributed by atoms with Gasteiger partial charge >= 0.3 is 0 Å². The molecule has 0 spiro atoms. The van der Waals surface area contributed by atoms with Crippen molar-refractivity contribution in [2.24, 2.45) is 11.1 Å². The van der Waals surface area contributed by atoms with Gasteiger partial charge in [-0.2, -0.15) is 5.26 Å². The van der Waals surface area contributed by atoms with Crippen LogP contribution in [0.15, 0.2) is 69.6 Å². The highest BCUT2D eigenvalue weighted by Gasteiger charge is 2.44. The fourth-order valence-electron chi connectivity index (χ4n) is 5.12. The normalized spacial score (nSPS) is 19.0. The Bertz CT molecular complexity index is 1290. The number of Topliss-reactive ketones (excluding diaryl/α,β-unsaturated/α-hetero) is 1. The first-order valence-electron chi connectivity index (χ1n) is 12.2. The van der Waals surface area contributed by atoms with E-state index in [1.165, 1.54) is 0 Å². The summed E-state index contributed by atoms with van der Waals surface area (Å²) in [6.07, 6.45) is 1.07. The van der Waals surface area contributed by atoms with E-state index in [0.29, 0.717) is 65.5 Å². The first kappa shape index (κ1) is 26.8. The Labute approximate surface area is 226 Å². The van der Waals surface area contributed by atoms with Crippen molar-refractivity contribution in [3.63, 3.8) is 0 Å². The topological polar surface area (TPSA) is 97.8 Å². The Hall–Kier alpha value is -3.28. The number of rotatable bonds is 8. The molecule has 0 radical (unpaired) electrons. The highest BCUT2D eigenvalue weighted by atomic mass is 79.9. The number of ether oxygens (including phenoxy) is 3. The maximum absolute atomic E-state index is 13.6. The summed E-state index contributed by atoms with van der Waals surface area (Å²) in [5.41, 5.74) is 9.97. The van der Waals surface area contributed by atoms with Crippen molar-refractivity contribution in [3.8, 4) is 17.6 Å². The van der Waals surface area contributed by atoms with Crippen LogP contribution in [0.4, 0.5) is 0 Å². The molecule has 2 N–H and O–H groups in total. The molecule has 194 valence electrons. The number of ketones is 1. The van der Waals surface area contributed by atoms with Gasteiger partial charge in [-0.05, 0) is 51.0 Å². The van der Waals surface area contributed by atoms with Gasteiger partial charge in [0.1, 0.15) is 12.4 Å². The zero-order chi connectivity index (χ0) is 26.7. The standard InChI is InChI=1S/C29H32BrN3O4/c1-29(2)14-22-26(23(34)15-29)25(20(16-31)28(32)33(22)10-11-35-3)19-12-21(30)27(24(13-19)36-4)37-17-18-8-6-5-7-9-18/h5-9,12-13,25H,10-11,14-15,17,32H2,1-4H3/t25-/m0/s1. The summed E-state index contributed by atoms with van der Waals surface area (Å²) in [6.45, 7) is 5.41. The maximum atomic E-state index is 13.6. The molecule has 0 saturated carbocycles. The molecule has 4 rings (SSSR count). The van der Waals surface area contributed by atoms with Crippen LogP contribution in [0.2, 0.25) is 0 Å². The molecule has 37 heavy (non-hydrogen) atoms. The van der Waals surface area contributed by atoms with Gasteiger partial charge in [-0.15, -0.1) is 0 Å². The molecule has 1 atom stereocenters. The van der Waals surface area contributed by atoms with Gasteiger partial charge in [-0.1, -0.05) is 44.2 Å². The summed E-state index contributed by atoms with van der Waals surface area (Å²) in [7, 11) is 3.19. The van der Waals surface area contributed by atoms with Crippen LogP contribution in [0.5, 0.6) is 11.5 Å². The number of hydrogen-bond acceptors (Lipinski definition) is 7. The Morgan fingerprint density at radius 1 is 1.19 bits per heavy atom. The lowest BCUT2D eigenvalue weighted by atomic mass is 9.68. The summed E-state index contributed by atoms with van der Waals surface area (Å²) in [5.74, 6) is 0.833. The van der Waals surface area contributed by atoms with Crippen molar-refractivity contribution in [3.05, 3.63) is 80.7 Å². The highest BCUT2D eigenvalue weighted by Crippen LogP contribution is 2.50. The fourth-order valence-corrected chi connectivity index (χ4v) is 5.70. The third-order valence-electron chi connectivity index (χ3n) is 6.82. The first-order valence-corrected chi connectivity index (χ1v) is 13.0. The van der Waals surface area contributed by atoms with E-state index in [-0.39, 0.29) is 11.2 Å². The van der Waals surface area contributed by atoms with Crippen LogP contribution in [-0.4, -0.2) is 38.1 Å². The second-order valence-corrected chi connectivity index (χ2v) is 11.0. The summed E-state index contributed by atoms with van der Waals surface area (Å²) in [4.78, 5) is 15.5. The number of allylic oxidation sites excluding steroid dienone is 3. The quantitative estimate of drug-likeness (QED) is 0.456. The first-order chi connectivity index (χ1) is 17.7. The van der Waals surface area contributed by atoms with E-state index in [9.17, 15) is 10.1 Å². The van der Waals surface area contributed by atoms with E-state index in [2.05, 4.69) is 35.8 Å². The van der Waals surface area contributed by atoms with Gasteiger partial charge in [0.05, 0.1) is 35.7 Å². The van der Waals surface area contributed by atoms with Crippen LogP contribution in [-0.2, 0) is 16.1 Å². The third-order valence-corrected chi connectivity index (χ3v) is 7.41. The van der Waals surface area contributed by atoms with Crippen molar-refractivity contribution in [2.75, 3.05) is 27.4 Å². The number of nitrogens with zero attached hydrogens (tertiary/aromatic N) is 2. The Morgan fingerprint density at radius 3 is 2.57 bits per heavy atom. The molecule has 1 aliphatic heterocycles. The lowest BCUT2D eigenvalue weighted by molar-refractivity contribution is -0.118. The summed E-state index contributed by atoms with van der Waals surface area (Å²) >= 11 is 3.64. The van der Waals surface area contributed by atoms with Crippen molar-refractivity contribution >= 4 is 21.7 Å². The van der Waals surface area contributed by atoms with Gasteiger partial charge in [0, 0.05) is 31.3 Å². The number of methoxy groups -OCH3 is 2. The number of nitriles is 1. The van der Waals surface area contributed by atoms with Gasteiger partial charge in [0.25, 0.3) is 0 Å². The number of halogens is 1. The highest BCUT2D eigenvalue weighted by molar-refractivity contribution is 9.10.